The normalized spacial score (nSPS) is 18.8. The van der Waals surface area contributed by atoms with E-state index in [1.165, 1.54) is 18.2 Å². The quantitative estimate of drug-likeness (QED) is 0.392. The Bertz CT molecular complexity index is 1070. The van der Waals surface area contributed by atoms with Gasteiger partial charge in [-0.3, -0.25) is 25.2 Å². The zero-order chi connectivity index (χ0) is 26.0. The Morgan fingerprint density at radius 1 is 1.14 bits per heavy atom. The van der Waals surface area contributed by atoms with Gasteiger partial charge in [-0.25, -0.2) is 4.39 Å². The summed E-state index contributed by atoms with van der Waals surface area (Å²) in [7, 11) is -2.12. The van der Waals surface area contributed by atoms with E-state index < -0.39 is 26.2 Å². The molecule has 0 unspecified atom stereocenters. The van der Waals surface area contributed by atoms with Crippen molar-refractivity contribution in [3.63, 3.8) is 0 Å². The van der Waals surface area contributed by atoms with E-state index in [9.17, 15) is 18.8 Å². The molecule has 1 aromatic heterocycles. The summed E-state index contributed by atoms with van der Waals surface area (Å²) < 4.78 is 24.2. The molecule has 1 saturated carbocycles. The molecule has 0 aliphatic heterocycles. The molecule has 1 aliphatic rings. The van der Waals surface area contributed by atoms with Crippen LogP contribution in [0.2, 0.25) is 18.1 Å². The zero-order valence-electron chi connectivity index (χ0n) is 20.9. The van der Waals surface area contributed by atoms with Crippen LogP contribution in [0, 0.1) is 11.7 Å². The fraction of sp³-hybridized carbons (Fsp3) is 0.500. The van der Waals surface area contributed by atoms with Crippen LogP contribution in [0.5, 0.6) is 0 Å². The minimum Gasteiger partial charge on any atom is -0.405 e. The molecule has 1 heterocycles. The smallest absolute Gasteiger partial charge is 0.290 e. The van der Waals surface area contributed by atoms with E-state index in [4.69, 9.17) is 8.95 Å². The molecule has 3 rings (SSSR count). The molecule has 3 amide bonds. The number of rotatable bonds is 7. The van der Waals surface area contributed by atoms with Gasteiger partial charge in [-0.05, 0) is 62.2 Å². The van der Waals surface area contributed by atoms with E-state index in [1.54, 1.807) is 19.1 Å². The molecular weight excluding hydrogens is 471 g/mol. The largest absolute Gasteiger partial charge is 0.405 e. The Morgan fingerprint density at radius 3 is 2.37 bits per heavy atom. The molecule has 2 aromatic rings. The fourth-order valence-electron chi connectivity index (χ4n) is 3.34. The van der Waals surface area contributed by atoms with E-state index in [-0.39, 0.29) is 34.5 Å². The first-order chi connectivity index (χ1) is 16.3. The second-order valence-electron chi connectivity index (χ2n) is 10.4. The van der Waals surface area contributed by atoms with Gasteiger partial charge in [0.25, 0.3) is 11.8 Å². The van der Waals surface area contributed by atoms with Gasteiger partial charge in [0.05, 0.1) is 0 Å². The highest BCUT2D eigenvalue weighted by molar-refractivity contribution is 6.74. The number of hydrazine groups is 1. The number of hydrogen-bond donors (Lipinski definition) is 3. The van der Waals surface area contributed by atoms with Gasteiger partial charge in [-0.2, -0.15) is 0 Å². The van der Waals surface area contributed by atoms with Crippen LogP contribution in [0.4, 0.5) is 4.39 Å². The third-order valence-corrected chi connectivity index (χ3v) is 11.2. The van der Waals surface area contributed by atoms with Gasteiger partial charge >= 0.3 is 0 Å². The van der Waals surface area contributed by atoms with Gasteiger partial charge in [-0.1, -0.05) is 25.9 Å². The molecule has 1 fully saturated rings. The lowest BCUT2D eigenvalue weighted by Crippen LogP contribution is -2.55. The van der Waals surface area contributed by atoms with E-state index in [2.05, 4.69) is 55.2 Å². The summed E-state index contributed by atoms with van der Waals surface area (Å²) in [5.74, 6) is -1.84. The standard InChI is InChI=1S/C24H33FN4O5Si/c1-14(34-35(5,6)24(2,3)4)21(30)27-28-22(31)16-11-18(12-16)26-23(32)20-13-19(29-33-20)15-7-9-17(25)10-8-15/h7-10,13-14,16,18H,11-12H2,1-6H3,(H,26,32)(H,27,30)(H,28,31)/t14-,16-,18-/m1/s1. The lowest BCUT2D eigenvalue weighted by Gasteiger charge is -2.38. The number of aromatic nitrogens is 1. The summed E-state index contributed by atoms with van der Waals surface area (Å²) in [6.45, 7) is 12.0. The van der Waals surface area contributed by atoms with Crippen LogP contribution in [0.15, 0.2) is 34.9 Å². The maximum absolute atomic E-state index is 13.1. The van der Waals surface area contributed by atoms with Crippen LogP contribution < -0.4 is 16.2 Å². The lowest BCUT2D eigenvalue weighted by atomic mass is 9.79. The van der Waals surface area contributed by atoms with Crippen molar-refractivity contribution in [3.8, 4) is 11.3 Å². The van der Waals surface area contributed by atoms with Crippen molar-refractivity contribution >= 4 is 26.0 Å². The highest BCUT2D eigenvalue weighted by Crippen LogP contribution is 2.37. The Hall–Kier alpha value is -3.05. The van der Waals surface area contributed by atoms with Gasteiger partial charge in [0.15, 0.2) is 8.32 Å². The Labute approximate surface area is 205 Å². The third kappa shape index (κ3) is 6.54. The van der Waals surface area contributed by atoms with E-state index in [1.807, 2.05) is 0 Å². The van der Waals surface area contributed by atoms with Crippen molar-refractivity contribution < 1.29 is 27.7 Å². The molecule has 190 valence electrons. The van der Waals surface area contributed by atoms with Gasteiger partial charge in [-0.15, -0.1) is 0 Å². The van der Waals surface area contributed by atoms with Crippen molar-refractivity contribution in [1.29, 1.82) is 0 Å². The first kappa shape index (κ1) is 26.5. The van der Waals surface area contributed by atoms with Gasteiger partial charge < -0.3 is 14.3 Å². The number of hydrogen-bond acceptors (Lipinski definition) is 6. The topological polar surface area (TPSA) is 123 Å². The van der Waals surface area contributed by atoms with Crippen LogP contribution in [-0.4, -0.2) is 43.3 Å². The molecule has 0 saturated heterocycles. The van der Waals surface area contributed by atoms with Crippen LogP contribution in [0.25, 0.3) is 11.3 Å². The first-order valence-corrected chi connectivity index (χ1v) is 14.5. The second-order valence-corrected chi connectivity index (χ2v) is 15.2. The van der Waals surface area contributed by atoms with Crippen molar-refractivity contribution in [1.82, 2.24) is 21.3 Å². The van der Waals surface area contributed by atoms with Gasteiger partial charge in [0.2, 0.25) is 11.7 Å². The fourth-order valence-corrected chi connectivity index (χ4v) is 4.69. The number of amides is 3. The number of benzene rings is 1. The van der Waals surface area contributed by atoms with Crippen LogP contribution in [0.1, 0.15) is 51.1 Å². The van der Waals surface area contributed by atoms with Gasteiger partial charge in [0.1, 0.15) is 17.6 Å². The maximum atomic E-state index is 13.1. The van der Waals surface area contributed by atoms with Crippen molar-refractivity contribution in [2.75, 3.05) is 0 Å². The minimum atomic E-state index is -2.12. The zero-order valence-corrected chi connectivity index (χ0v) is 21.9. The first-order valence-electron chi connectivity index (χ1n) is 11.6. The average molecular weight is 505 g/mol. The summed E-state index contributed by atoms with van der Waals surface area (Å²) in [5.41, 5.74) is 5.93. The summed E-state index contributed by atoms with van der Waals surface area (Å²) in [6.07, 6.45) is 0.177. The molecule has 0 bridgehead atoms. The Balaban J connectivity index is 1.41. The molecular formula is C24H33FN4O5Si. The van der Waals surface area contributed by atoms with Crippen molar-refractivity contribution in [3.05, 3.63) is 41.9 Å². The predicted octanol–water partition coefficient (Wildman–Crippen LogP) is 3.55. The molecule has 35 heavy (non-hydrogen) atoms. The third-order valence-electron chi connectivity index (χ3n) is 6.67. The average Bonchev–Trinajstić information content (AvgIpc) is 3.23. The predicted molar refractivity (Wildman–Crippen MR) is 130 cm³/mol. The number of nitrogens with zero attached hydrogens (tertiary/aromatic N) is 1. The molecule has 1 atom stereocenters. The highest BCUT2D eigenvalue weighted by Gasteiger charge is 2.40. The molecule has 1 aromatic carbocycles. The molecule has 9 nitrogen and oxygen atoms in total. The van der Waals surface area contributed by atoms with E-state index in [0.717, 1.165) is 0 Å². The number of carbonyl (C=O) groups is 3. The Morgan fingerprint density at radius 2 is 1.77 bits per heavy atom. The van der Waals surface area contributed by atoms with E-state index in [0.29, 0.717) is 24.1 Å². The molecule has 11 heteroatoms. The number of halogens is 1. The summed E-state index contributed by atoms with van der Waals surface area (Å²) in [6, 6.07) is 6.97. The molecule has 3 N–H and O–H groups in total. The van der Waals surface area contributed by atoms with Crippen molar-refractivity contribution in [2.45, 2.75) is 70.8 Å². The lowest BCUT2D eigenvalue weighted by molar-refractivity contribution is -0.136. The number of nitrogens with one attached hydrogen (secondary N) is 3. The summed E-state index contributed by atoms with van der Waals surface area (Å²) in [4.78, 5) is 37.1. The molecule has 0 spiro atoms. The van der Waals surface area contributed by atoms with E-state index >= 15 is 0 Å². The summed E-state index contributed by atoms with van der Waals surface area (Å²) in [5, 5.41) is 6.61. The number of carbonyl (C=O) groups excluding carboxylic acids is 3. The van der Waals surface area contributed by atoms with Gasteiger partial charge in [0, 0.05) is 23.6 Å². The summed E-state index contributed by atoms with van der Waals surface area (Å²) >= 11 is 0. The van der Waals surface area contributed by atoms with Crippen LogP contribution in [-0.2, 0) is 14.0 Å². The van der Waals surface area contributed by atoms with Crippen LogP contribution in [0.3, 0.4) is 0 Å². The second kappa shape index (κ2) is 10.3. The SMILES string of the molecule is C[C@@H](O[Si](C)(C)C(C)(C)C)C(=O)NNC(=O)[C@H]1C[C@H](NC(=O)c2cc(-c3ccc(F)cc3)no2)C1. The monoisotopic (exact) mass is 504 g/mol. The molecule has 0 radical (unpaired) electrons. The maximum Gasteiger partial charge on any atom is 0.290 e. The minimum absolute atomic E-state index is 0.0280. The van der Waals surface area contributed by atoms with Crippen molar-refractivity contribution in [2.24, 2.45) is 5.92 Å². The molecule has 1 aliphatic carbocycles. The Kier molecular flexibility index (Phi) is 7.80. The highest BCUT2D eigenvalue weighted by atomic mass is 28.4. The van der Waals surface area contributed by atoms with Crippen LogP contribution >= 0.6 is 0 Å².